The van der Waals surface area contributed by atoms with E-state index in [1.165, 1.54) is 6.26 Å². The normalized spacial score (nSPS) is 11.8. The van der Waals surface area contributed by atoms with Crippen molar-refractivity contribution in [1.29, 1.82) is 0 Å². The van der Waals surface area contributed by atoms with Gasteiger partial charge >= 0.3 is 0 Å². The van der Waals surface area contributed by atoms with Gasteiger partial charge in [0.1, 0.15) is 0 Å². The van der Waals surface area contributed by atoms with E-state index in [-0.39, 0.29) is 0 Å². The summed E-state index contributed by atoms with van der Waals surface area (Å²) < 4.78 is 22.8. The van der Waals surface area contributed by atoms with Gasteiger partial charge in [-0.3, -0.25) is 0 Å². The molecule has 0 spiro atoms. The summed E-state index contributed by atoms with van der Waals surface area (Å²) in [4.78, 5) is 0.380. The van der Waals surface area contributed by atoms with E-state index in [1.807, 2.05) is 27.0 Å². The van der Waals surface area contributed by atoms with E-state index >= 15 is 0 Å². The lowest BCUT2D eigenvalue weighted by Crippen LogP contribution is -2.02. The Morgan fingerprint density at radius 2 is 1.87 bits per heavy atom. The van der Waals surface area contributed by atoms with Crippen molar-refractivity contribution in [3.05, 3.63) is 23.8 Å². The van der Waals surface area contributed by atoms with E-state index < -0.39 is 9.84 Å². The molecule has 1 rings (SSSR count). The van der Waals surface area contributed by atoms with Gasteiger partial charge in [-0.15, -0.1) is 0 Å². The summed E-state index contributed by atoms with van der Waals surface area (Å²) in [6.07, 6.45) is 1.23. The van der Waals surface area contributed by atoms with Crippen molar-refractivity contribution in [3.8, 4) is 0 Å². The van der Waals surface area contributed by atoms with Crippen LogP contribution in [0.2, 0.25) is 0 Å². The van der Waals surface area contributed by atoms with E-state index in [2.05, 4.69) is 5.32 Å². The van der Waals surface area contributed by atoms with Gasteiger partial charge in [0.15, 0.2) is 9.84 Å². The van der Waals surface area contributed by atoms with Crippen LogP contribution in [-0.4, -0.2) is 21.7 Å². The zero-order chi connectivity index (χ0) is 11.6. The monoisotopic (exact) mass is 227 g/mol. The van der Waals surface area contributed by atoms with E-state index in [9.17, 15) is 8.42 Å². The van der Waals surface area contributed by atoms with Gasteiger partial charge in [-0.05, 0) is 29.7 Å². The number of hydrogen-bond acceptors (Lipinski definition) is 3. The first-order valence-corrected chi connectivity index (χ1v) is 6.77. The van der Waals surface area contributed by atoms with Crippen LogP contribution in [0.3, 0.4) is 0 Å². The standard InChI is InChI=1S/C11H17NO2S/c1-8(2)10-7-9(15(4,13)14)5-6-11(10)12-3/h5-8,12H,1-4H3. The Kier molecular flexibility index (Phi) is 3.39. The highest BCUT2D eigenvalue weighted by Gasteiger charge is 2.12. The van der Waals surface area contributed by atoms with Crippen molar-refractivity contribution in [1.82, 2.24) is 0 Å². The molecular formula is C11H17NO2S. The van der Waals surface area contributed by atoms with E-state index in [0.717, 1.165) is 11.3 Å². The summed E-state index contributed by atoms with van der Waals surface area (Å²) in [5.74, 6) is 0.300. The number of nitrogens with one attached hydrogen (secondary N) is 1. The fraction of sp³-hybridized carbons (Fsp3) is 0.455. The molecule has 0 aliphatic rings. The second kappa shape index (κ2) is 4.23. The highest BCUT2D eigenvalue weighted by atomic mass is 32.2. The van der Waals surface area contributed by atoms with Gasteiger partial charge in [0.2, 0.25) is 0 Å². The Balaban J connectivity index is 3.35. The topological polar surface area (TPSA) is 46.2 Å². The molecule has 0 radical (unpaired) electrons. The first-order valence-electron chi connectivity index (χ1n) is 4.88. The van der Waals surface area contributed by atoms with E-state index in [4.69, 9.17) is 0 Å². The minimum Gasteiger partial charge on any atom is -0.388 e. The van der Waals surface area contributed by atoms with Gasteiger partial charge in [0.25, 0.3) is 0 Å². The predicted octanol–water partition coefficient (Wildman–Crippen LogP) is 2.26. The maximum absolute atomic E-state index is 11.4. The molecule has 0 atom stereocenters. The molecule has 1 N–H and O–H groups in total. The highest BCUT2D eigenvalue weighted by Crippen LogP contribution is 2.26. The molecule has 0 aromatic heterocycles. The zero-order valence-corrected chi connectivity index (χ0v) is 10.4. The van der Waals surface area contributed by atoms with Crippen molar-refractivity contribution in [2.24, 2.45) is 0 Å². The maximum Gasteiger partial charge on any atom is 0.175 e. The molecule has 3 nitrogen and oxygen atoms in total. The highest BCUT2D eigenvalue weighted by molar-refractivity contribution is 7.90. The molecular weight excluding hydrogens is 210 g/mol. The SMILES string of the molecule is CNc1ccc(S(C)(=O)=O)cc1C(C)C. The van der Waals surface area contributed by atoms with Crippen LogP contribution in [0, 0.1) is 0 Å². The van der Waals surface area contributed by atoms with Gasteiger partial charge in [0.05, 0.1) is 4.90 Å². The third kappa shape index (κ3) is 2.72. The van der Waals surface area contributed by atoms with Crippen molar-refractivity contribution >= 4 is 15.5 Å². The molecule has 0 saturated heterocycles. The molecule has 0 heterocycles. The smallest absolute Gasteiger partial charge is 0.175 e. The lowest BCUT2D eigenvalue weighted by Gasteiger charge is -2.13. The summed E-state index contributed by atoms with van der Waals surface area (Å²) in [6, 6.07) is 5.19. The van der Waals surface area contributed by atoms with Crippen LogP contribution in [0.4, 0.5) is 5.69 Å². The number of sulfone groups is 1. The molecule has 4 heteroatoms. The van der Waals surface area contributed by atoms with Gasteiger partial charge in [0, 0.05) is 19.0 Å². The third-order valence-electron chi connectivity index (χ3n) is 2.34. The molecule has 0 fully saturated rings. The summed E-state index contributed by atoms with van der Waals surface area (Å²) in [7, 11) is -1.28. The average Bonchev–Trinajstić information content (AvgIpc) is 2.15. The quantitative estimate of drug-likeness (QED) is 0.861. The predicted molar refractivity (Wildman–Crippen MR) is 63.2 cm³/mol. The second-order valence-corrected chi connectivity index (χ2v) is 5.94. The van der Waals surface area contributed by atoms with E-state index in [0.29, 0.717) is 10.8 Å². The van der Waals surface area contributed by atoms with E-state index in [1.54, 1.807) is 12.1 Å². The fourth-order valence-electron chi connectivity index (χ4n) is 1.48. The average molecular weight is 227 g/mol. The lowest BCUT2D eigenvalue weighted by molar-refractivity contribution is 0.601. The summed E-state index contributed by atoms with van der Waals surface area (Å²) in [5.41, 5.74) is 2.01. The van der Waals surface area contributed by atoms with Crippen LogP contribution in [0.1, 0.15) is 25.3 Å². The Hall–Kier alpha value is -1.03. The van der Waals surface area contributed by atoms with Gasteiger partial charge in [-0.25, -0.2) is 8.42 Å². The molecule has 0 aliphatic heterocycles. The number of benzene rings is 1. The minimum absolute atomic E-state index is 0.300. The minimum atomic E-state index is -3.11. The first-order chi connectivity index (χ1) is 6.86. The third-order valence-corrected chi connectivity index (χ3v) is 3.45. The molecule has 0 amide bonds. The first kappa shape index (κ1) is 12.0. The molecule has 1 aromatic carbocycles. The van der Waals surface area contributed by atoms with Gasteiger partial charge < -0.3 is 5.32 Å². The number of rotatable bonds is 3. The van der Waals surface area contributed by atoms with Crippen LogP contribution in [-0.2, 0) is 9.84 Å². The second-order valence-electron chi connectivity index (χ2n) is 3.93. The molecule has 1 aromatic rings. The maximum atomic E-state index is 11.4. The molecule has 84 valence electrons. The molecule has 15 heavy (non-hydrogen) atoms. The van der Waals surface area contributed by atoms with Crippen molar-refractivity contribution in [3.63, 3.8) is 0 Å². The van der Waals surface area contributed by atoms with Crippen LogP contribution in [0.5, 0.6) is 0 Å². The Labute approximate surface area is 91.4 Å². The van der Waals surface area contributed by atoms with Crippen molar-refractivity contribution in [2.75, 3.05) is 18.6 Å². The summed E-state index contributed by atoms with van der Waals surface area (Å²) in [5, 5.41) is 3.06. The molecule has 0 bridgehead atoms. The Morgan fingerprint density at radius 3 is 2.27 bits per heavy atom. The molecule has 0 aliphatic carbocycles. The molecule has 0 unspecified atom stereocenters. The Morgan fingerprint density at radius 1 is 1.27 bits per heavy atom. The van der Waals surface area contributed by atoms with Crippen molar-refractivity contribution in [2.45, 2.75) is 24.7 Å². The fourth-order valence-corrected chi connectivity index (χ4v) is 2.13. The van der Waals surface area contributed by atoms with Crippen LogP contribution in [0.25, 0.3) is 0 Å². The van der Waals surface area contributed by atoms with Gasteiger partial charge in [-0.1, -0.05) is 13.8 Å². The van der Waals surface area contributed by atoms with Crippen LogP contribution < -0.4 is 5.32 Å². The summed E-state index contributed by atoms with van der Waals surface area (Å²) >= 11 is 0. The summed E-state index contributed by atoms with van der Waals surface area (Å²) in [6.45, 7) is 4.09. The largest absolute Gasteiger partial charge is 0.388 e. The number of anilines is 1. The van der Waals surface area contributed by atoms with Gasteiger partial charge in [-0.2, -0.15) is 0 Å². The zero-order valence-electron chi connectivity index (χ0n) is 9.53. The van der Waals surface area contributed by atoms with Crippen LogP contribution in [0.15, 0.2) is 23.1 Å². The lowest BCUT2D eigenvalue weighted by atomic mass is 10.0. The number of hydrogen-bond donors (Lipinski definition) is 1. The Bertz CT molecular complexity index is 450. The van der Waals surface area contributed by atoms with Crippen molar-refractivity contribution < 1.29 is 8.42 Å². The van der Waals surface area contributed by atoms with Crippen LogP contribution >= 0.6 is 0 Å². The molecule has 0 saturated carbocycles.